The van der Waals surface area contributed by atoms with E-state index in [4.69, 9.17) is 16.3 Å². The van der Waals surface area contributed by atoms with Crippen LogP contribution in [0.2, 0.25) is 5.02 Å². The van der Waals surface area contributed by atoms with Crippen LogP contribution in [0.4, 0.5) is 5.69 Å². The Bertz CT molecular complexity index is 640. The van der Waals surface area contributed by atoms with E-state index in [2.05, 4.69) is 12.2 Å². The largest absolute Gasteiger partial charge is 0.483 e. The van der Waals surface area contributed by atoms with Crippen LogP contribution in [0.3, 0.4) is 0 Å². The zero-order valence-corrected chi connectivity index (χ0v) is 12.9. The normalized spacial score (nSPS) is 10.2. The average Bonchev–Trinajstić information content (AvgIpc) is 2.48. The van der Waals surface area contributed by atoms with Gasteiger partial charge in [-0.05, 0) is 48.7 Å². The molecule has 4 heteroatoms. The van der Waals surface area contributed by atoms with Gasteiger partial charge in [0.25, 0.3) is 5.91 Å². The summed E-state index contributed by atoms with van der Waals surface area (Å²) < 4.78 is 5.59. The quantitative estimate of drug-likeness (QED) is 0.897. The Morgan fingerprint density at radius 1 is 1.24 bits per heavy atom. The highest BCUT2D eigenvalue weighted by Crippen LogP contribution is 2.20. The van der Waals surface area contributed by atoms with E-state index < -0.39 is 0 Å². The molecule has 0 aliphatic heterocycles. The minimum absolute atomic E-state index is 0.0148. The van der Waals surface area contributed by atoms with Crippen LogP contribution < -0.4 is 10.1 Å². The zero-order valence-electron chi connectivity index (χ0n) is 12.2. The molecule has 21 heavy (non-hydrogen) atoms. The van der Waals surface area contributed by atoms with Gasteiger partial charge in [-0.2, -0.15) is 0 Å². The Morgan fingerprint density at radius 3 is 2.71 bits per heavy atom. The maximum Gasteiger partial charge on any atom is 0.262 e. The lowest BCUT2D eigenvalue weighted by molar-refractivity contribution is -0.118. The number of carbonyl (C=O) groups excluding carboxylic acids is 1. The predicted octanol–water partition coefficient (Wildman–Crippen LogP) is 4.23. The van der Waals surface area contributed by atoms with Crippen molar-refractivity contribution in [1.29, 1.82) is 0 Å². The van der Waals surface area contributed by atoms with Gasteiger partial charge in [-0.15, -0.1) is 0 Å². The summed E-state index contributed by atoms with van der Waals surface area (Å²) in [6.45, 7) is 3.94. The van der Waals surface area contributed by atoms with Gasteiger partial charge in [0.2, 0.25) is 0 Å². The topological polar surface area (TPSA) is 38.3 Å². The van der Waals surface area contributed by atoms with Crippen LogP contribution in [0.1, 0.15) is 18.1 Å². The summed E-state index contributed by atoms with van der Waals surface area (Å²) in [5.74, 6) is 0.564. The maximum atomic E-state index is 12.0. The van der Waals surface area contributed by atoms with E-state index in [-0.39, 0.29) is 12.5 Å². The monoisotopic (exact) mass is 303 g/mol. The first-order chi connectivity index (χ1) is 10.1. The van der Waals surface area contributed by atoms with Crippen LogP contribution in [0, 0.1) is 6.92 Å². The first kappa shape index (κ1) is 15.4. The summed E-state index contributed by atoms with van der Waals surface area (Å²) in [6.07, 6.45) is 0.869. The first-order valence-electron chi connectivity index (χ1n) is 6.87. The molecular formula is C17H18ClNO2. The molecule has 110 valence electrons. The van der Waals surface area contributed by atoms with Crippen molar-refractivity contribution in [3.63, 3.8) is 0 Å². The molecule has 0 bridgehead atoms. The average molecular weight is 304 g/mol. The first-order valence-corrected chi connectivity index (χ1v) is 7.24. The van der Waals surface area contributed by atoms with Crippen molar-refractivity contribution in [3.05, 3.63) is 58.6 Å². The molecule has 0 aliphatic rings. The number of halogens is 1. The van der Waals surface area contributed by atoms with Crippen molar-refractivity contribution in [2.24, 2.45) is 0 Å². The van der Waals surface area contributed by atoms with E-state index in [1.165, 1.54) is 0 Å². The minimum Gasteiger partial charge on any atom is -0.483 e. The fourth-order valence-corrected chi connectivity index (χ4v) is 2.26. The van der Waals surface area contributed by atoms with Gasteiger partial charge in [-0.1, -0.05) is 36.7 Å². The van der Waals surface area contributed by atoms with Crippen molar-refractivity contribution in [2.75, 3.05) is 11.9 Å². The van der Waals surface area contributed by atoms with Crippen LogP contribution in [0.25, 0.3) is 0 Å². The molecule has 0 unspecified atom stereocenters. The summed E-state index contributed by atoms with van der Waals surface area (Å²) >= 11 is 5.89. The molecule has 1 N–H and O–H groups in total. The third kappa shape index (κ3) is 4.23. The molecule has 2 rings (SSSR count). The SMILES string of the molecule is CCc1ccccc1OCC(=O)Nc1ccc(Cl)cc1C. The number of nitrogens with one attached hydrogen (secondary N) is 1. The van der Waals surface area contributed by atoms with Gasteiger partial charge in [-0.25, -0.2) is 0 Å². The third-order valence-corrected chi connectivity index (χ3v) is 3.41. The Balaban J connectivity index is 1.96. The van der Waals surface area contributed by atoms with Gasteiger partial charge in [0, 0.05) is 10.7 Å². The lowest BCUT2D eigenvalue weighted by Crippen LogP contribution is -2.21. The number of para-hydroxylation sites is 1. The Morgan fingerprint density at radius 2 is 2.00 bits per heavy atom. The third-order valence-electron chi connectivity index (χ3n) is 3.17. The molecule has 0 atom stereocenters. The second-order valence-electron chi connectivity index (χ2n) is 4.76. The summed E-state index contributed by atoms with van der Waals surface area (Å²) in [4.78, 5) is 12.0. The number of hydrogen-bond acceptors (Lipinski definition) is 2. The summed E-state index contributed by atoms with van der Waals surface area (Å²) in [5.41, 5.74) is 2.76. The van der Waals surface area contributed by atoms with E-state index in [1.807, 2.05) is 37.3 Å². The summed E-state index contributed by atoms with van der Waals surface area (Å²) in [5, 5.41) is 3.47. The minimum atomic E-state index is -0.189. The fourth-order valence-electron chi connectivity index (χ4n) is 2.03. The van der Waals surface area contributed by atoms with Crippen LogP contribution >= 0.6 is 11.6 Å². The lowest BCUT2D eigenvalue weighted by Gasteiger charge is -2.11. The fraction of sp³-hybridized carbons (Fsp3) is 0.235. The molecular weight excluding hydrogens is 286 g/mol. The molecule has 2 aromatic carbocycles. The molecule has 1 amide bonds. The highest BCUT2D eigenvalue weighted by atomic mass is 35.5. The maximum absolute atomic E-state index is 12.0. The van der Waals surface area contributed by atoms with Crippen LogP contribution in [-0.4, -0.2) is 12.5 Å². The number of hydrogen-bond donors (Lipinski definition) is 1. The second-order valence-corrected chi connectivity index (χ2v) is 5.19. The number of rotatable bonds is 5. The Hall–Kier alpha value is -2.00. The van der Waals surface area contributed by atoms with Gasteiger partial charge in [0.05, 0.1) is 0 Å². The number of carbonyl (C=O) groups is 1. The molecule has 0 aromatic heterocycles. The van der Waals surface area contributed by atoms with Gasteiger partial charge >= 0.3 is 0 Å². The molecule has 0 radical (unpaired) electrons. The summed E-state index contributed by atoms with van der Waals surface area (Å²) in [7, 11) is 0. The second kappa shape index (κ2) is 7.14. The highest BCUT2D eigenvalue weighted by Gasteiger charge is 2.07. The molecule has 0 heterocycles. The lowest BCUT2D eigenvalue weighted by atomic mass is 10.1. The molecule has 0 spiro atoms. The molecule has 0 saturated carbocycles. The van der Waals surface area contributed by atoms with E-state index >= 15 is 0 Å². The van der Waals surface area contributed by atoms with Crippen molar-refractivity contribution in [3.8, 4) is 5.75 Å². The van der Waals surface area contributed by atoms with Crippen molar-refractivity contribution >= 4 is 23.2 Å². The van der Waals surface area contributed by atoms with Gasteiger partial charge in [-0.3, -0.25) is 4.79 Å². The van der Waals surface area contributed by atoms with Crippen LogP contribution in [-0.2, 0) is 11.2 Å². The number of amides is 1. The molecule has 3 nitrogen and oxygen atoms in total. The van der Waals surface area contributed by atoms with Crippen molar-refractivity contribution in [2.45, 2.75) is 20.3 Å². The van der Waals surface area contributed by atoms with Gasteiger partial charge in [0.15, 0.2) is 6.61 Å². The van der Waals surface area contributed by atoms with E-state index in [1.54, 1.807) is 12.1 Å². The van der Waals surface area contributed by atoms with Gasteiger partial charge in [0.1, 0.15) is 5.75 Å². The Labute approximate surface area is 129 Å². The number of aryl methyl sites for hydroxylation is 2. The standard InChI is InChI=1S/C17H18ClNO2/c1-3-13-6-4-5-7-16(13)21-11-17(20)19-15-9-8-14(18)10-12(15)2/h4-10H,3,11H2,1-2H3,(H,19,20). The highest BCUT2D eigenvalue weighted by molar-refractivity contribution is 6.30. The smallest absolute Gasteiger partial charge is 0.262 e. The van der Waals surface area contributed by atoms with E-state index in [0.29, 0.717) is 5.02 Å². The molecule has 2 aromatic rings. The van der Waals surface area contributed by atoms with Crippen molar-refractivity contribution < 1.29 is 9.53 Å². The molecule has 0 fully saturated rings. The van der Waals surface area contributed by atoms with E-state index in [0.717, 1.165) is 29.0 Å². The van der Waals surface area contributed by atoms with Gasteiger partial charge < -0.3 is 10.1 Å². The zero-order chi connectivity index (χ0) is 15.2. The molecule has 0 aliphatic carbocycles. The van der Waals surface area contributed by atoms with Crippen LogP contribution in [0.5, 0.6) is 5.75 Å². The Kier molecular flexibility index (Phi) is 5.23. The van der Waals surface area contributed by atoms with Crippen LogP contribution in [0.15, 0.2) is 42.5 Å². The van der Waals surface area contributed by atoms with Crippen molar-refractivity contribution in [1.82, 2.24) is 0 Å². The molecule has 0 saturated heterocycles. The number of ether oxygens (including phenoxy) is 1. The number of anilines is 1. The van der Waals surface area contributed by atoms with E-state index in [9.17, 15) is 4.79 Å². The summed E-state index contributed by atoms with van der Waals surface area (Å²) in [6, 6.07) is 13.1. The predicted molar refractivity (Wildman–Crippen MR) is 86.1 cm³/mol. The number of benzene rings is 2.